The van der Waals surface area contributed by atoms with Crippen LogP contribution in [-0.2, 0) is 43.8 Å². The second-order valence-electron chi connectivity index (χ2n) is 7.94. The van der Waals surface area contributed by atoms with E-state index in [1.807, 2.05) is 16.7 Å². The average molecular weight is 517 g/mol. The summed E-state index contributed by atoms with van der Waals surface area (Å²) in [6, 6.07) is 5.43. The van der Waals surface area contributed by atoms with Crippen LogP contribution in [-0.4, -0.2) is 60.1 Å². The monoisotopic (exact) mass is 517 g/mol. The molecule has 0 aliphatic rings. The number of nitrogens with two attached hydrogens (primary N) is 1. The van der Waals surface area contributed by atoms with Gasteiger partial charge in [0.05, 0.1) is 42.4 Å². The van der Waals surface area contributed by atoms with Crippen molar-refractivity contribution in [2.75, 3.05) is 25.7 Å². The molecule has 0 radical (unpaired) electrons. The average Bonchev–Trinajstić information content (AvgIpc) is 3.15. The van der Waals surface area contributed by atoms with Crippen LogP contribution in [0, 0.1) is 0 Å². The minimum Gasteiger partial charge on any atom is -0.432 e. The molecule has 0 amide bonds. The van der Waals surface area contributed by atoms with E-state index in [0.29, 0.717) is 17.7 Å². The van der Waals surface area contributed by atoms with Gasteiger partial charge in [-0.3, -0.25) is 13.6 Å². The maximum Gasteiger partial charge on any atom is 0.510 e. The number of ether oxygens (including phenoxy) is 5. The molecule has 13 nitrogen and oxygen atoms in total. The molecule has 2 aromatic rings. The lowest BCUT2D eigenvalue weighted by Crippen LogP contribution is -2.20. The van der Waals surface area contributed by atoms with E-state index < -0.39 is 58.2 Å². The number of hydrogen-bond acceptors (Lipinski definition) is 12. The van der Waals surface area contributed by atoms with Crippen LogP contribution in [0.25, 0.3) is 11.0 Å². The van der Waals surface area contributed by atoms with Gasteiger partial charge in [0, 0.05) is 0 Å². The highest BCUT2D eigenvalue weighted by atomic mass is 31.2. The minimum absolute atomic E-state index is 0.356. The van der Waals surface area contributed by atoms with Crippen LogP contribution in [0.1, 0.15) is 34.6 Å². The molecule has 2 N–H and O–H groups in total. The van der Waals surface area contributed by atoms with Crippen LogP contribution >= 0.6 is 7.60 Å². The largest absolute Gasteiger partial charge is 0.510 e. The minimum atomic E-state index is -4.03. The van der Waals surface area contributed by atoms with Gasteiger partial charge in [0.2, 0.25) is 13.6 Å². The number of carbonyl (C=O) groups excluding carboxylic acids is 2. The lowest BCUT2D eigenvalue weighted by atomic mass is 10.2. The quantitative estimate of drug-likeness (QED) is 0.174. The molecule has 14 heteroatoms. The number of rotatable bonds is 13. The maximum absolute atomic E-state index is 13.1. The smallest absolute Gasteiger partial charge is 0.432 e. The number of hydrogen-bond donors (Lipinski definition) is 1. The number of para-hydroxylation sites is 1. The molecule has 0 fully saturated rings. The number of carbonyl (C=O) groups is 2. The SMILES string of the molecule is CC(C)OC(=O)OCOP(=O)(COC(C)Cn1cnc2c(N)cccc21)OCOC(=O)OC(C)C. The number of nitrogen functional groups attached to an aromatic ring is 1. The van der Waals surface area contributed by atoms with Gasteiger partial charge in [0.15, 0.2) is 0 Å². The Balaban J connectivity index is 1.95. The van der Waals surface area contributed by atoms with Crippen molar-refractivity contribution in [3.05, 3.63) is 24.5 Å². The highest BCUT2D eigenvalue weighted by Gasteiger charge is 2.29. The molecule has 1 unspecified atom stereocenters. The predicted molar refractivity (Wildman–Crippen MR) is 124 cm³/mol. The van der Waals surface area contributed by atoms with Crippen molar-refractivity contribution in [2.45, 2.75) is 59.5 Å². The van der Waals surface area contributed by atoms with Gasteiger partial charge in [-0.25, -0.2) is 14.6 Å². The fraction of sp³-hybridized carbons (Fsp3) is 0.571. The molecule has 0 aliphatic carbocycles. The summed E-state index contributed by atoms with van der Waals surface area (Å²) in [5.41, 5.74) is 7.96. The van der Waals surface area contributed by atoms with Crippen LogP contribution in [0.2, 0.25) is 0 Å². The van der Waals surface area contributed by atoms with Gasteiger partial charge in [-0.15, -0.1) is 0 Å². The first-order valence-corrected chi connectivity index (χ1v) is 12.6. The van der Waals surface area contributed by atoms with Crippen molar-refractivity contribution >= 4 is 36.6 Å². The Morgan fingerprint density at radius 1 is 1.00 bits per heavy atom. The summed E-state index contributed by atoms with van der Waals surface area (Å²) in [6.07, 6.45) is -2.21. The molecular formula is C21H32N3O10P. The third kappa shape index (κ3) is 9.73. The Morgan fingerprint density at radius 3 is 2.11 bits per heavy atom. The number of nitrogens with zero attached hydrogens (tertiary/aromatic N) is 2. The summed E-state index contributed by atoms with van der Waals surface area (Å²) in [6.45, 7) is 7.18. The topological polar surface area (TPSA) is 160 Å². The number of fused-ring (bicyclic) bond motifs is 1. The van der Waals surface area contributed by atoms with E-state index in [-0.39, 0.29) is 0 Å². The standard InChI is InChI=1S/C21H32N3O10P/c1-14(2)33-20(25)28-11-31-35(27,32-12-29-21(26)34-15(3)4)13-30-16(5)9-24-10-23-19-17(22)7-6-8-18(19)24/h6-8,10,14-16H,9,11-13,22H2,1-5H3. The number of anilines is 1. The van der Waals surface area contributed by atoms with E-state index >= 15 is 0 Å². The summed E-state index contributed by atoms with van der Waals surface area (Å²) >= 11 is 0. The fourth-order valence-corrected chi connectivity index (χ4v) is 3.77. The first-order valence-electron chi connectivity index (χ1n) is 10.8. The molecule has 1 aromatic heterocycles. The van der Waals surface area contributed by atoms with E-state index in [1.54, 1.807) is 47.0 Å². The molecular weight excluding hydrogens is 485 g/mol. The van der Waals surface area contributed by atoms with Crippen LogP contribution < -0.4 is 5.73 Å². The Bertz CT molecular complexity index is 994. The molecule has 1 aromatic carbocycles. The molecule has 0 saturated heterocycles. The van der Waals surface area contributed by atoms with Gasteiger partial charge in [0.25, 0.3) is 0 Å². The number of aromatic nitrogens is 2. The van der Waals surface area contributed by atoms with Crippen molar-refractivity contribution in [2.24, 2.45) is 0 Å². The lowest BCUT2D eigenvalue weighted by molar-refractivity contribution is -0.0369. The molecule has 0 spiro atoms. The van der Waals surface area contributed by atoms with Crippen molar-refractivity contribution in [3.63, 3.8) is 0 Å². The number of benzene rings is 1. The molecule has 0 bridgehead atoms. The first kappa shape index (κ1) is 28.4. The third-order valence-electron chi connectivity index (χ3n) is 4.17. The third-order valence-corrected chi connectivity index (χ3v) is 5.63. The van der Waals surface area contributed by atoms with E-state index in [4.69, 9.17) is 38.5 Å². The molecule has 35 heavy (non-hydrogen) atoms. The van der Waals surface area contributed by atoms with Crippen LogP contribution in [0.3, 0.4) is 0 Å². The maximum atomic E-state index is 13.1. The fourth-order valence-electron chi connectivity index (χ4n) is 2.68. The molecule has 0 aliphatic heterocycles. The highest BCUT2D eigenvalue weighted by molar-refractivity contribution is 7.53. The first-order chi connectivity index (χ1) is 16.5. The zero-order valence-electron chi connectivity index (χ0n) is 20.4. The molecule has 0 saturated carbocycles. The van der Waals surface area contributed by atoms with E-state index in [2.05, 4.69) is 4.98 Å². The van der Waals surface area contributed by atoms with E-state index in [9.17, 15) is 14.2 Å². The van der Waals surface area contributed by atoms with Crippen molar-refractivity contribution in [1.29, 1.82) is 0 Å². The van der Waals surface area contributed by atoms with Gasteiger partial charge >= 0.3 is 19.9 Å². The predicted octanol–water partition coefficient (Wildman–Crippen LogP) is 4.25. The normalized spacial score (nSPS) is 12.7. The number of imidazole rings is 1. The van der Waals surface area contributed by atoms with E-state index in [1.165, 1.54) is 0 Å². The zero-order valence-corrected chi connectivity index (χ0v) is 21.3. The van der Waals surface area contributed by atoms with Gasteiger partial charge < -0.3 is 34.0 Å². The highest BCUT2D eigenvalue weighted by Crippen LogP contribution is 2.48. The Hall–Kier alpha value is -2.86. The lowest BCUT2D eigenvalue weighted by Gasteiger charge is -2.21. The van der Waals surface area contributed by atoms with Gasteiger partial charge in [-0.1, -0.05) is 6.07 Å². The Morgan fingerprint density at radius 2 is 1.57 bits per heavy atom. The summed E-state index contributed by atoms with van der Waals surface area (Å²) < 4.78 is 50.0. The van der Waals surface area contributed by atoms with Crippen molar-refractivity contribution < 1.29 is 46.9 Å². The molecule has 2 rings (SSSR count). The molecule has 1 atom stereocenters. The molecule has 196 valence electrons. The van der Waals surface area contributed by atoms with Gasteiger partial charge in [-0.2, -0.15) is 0 Å². The summed E-state index contributed by atoms with van der Waals surface area (Å²) in [4.78, 5) is 27.4. The summed E-state index contributed by atoms with van der Waals surface area (Å²) in [7, 11) is -4.03. The Labute approximate surface area is 203 Å². The zero-order chi connectivity index (χ0) is 26.0. The van der Waals surface area contributed by atoms with E-state index in [0.717, 1.165) is 5.52 Å². The van der Waals surface area contributed by atoms with Crippen LogP contribution in [0.15, 0.2) is 24.5 Å². The van der Waals surface area contributed by atoms with Crippen molar-refractivity contribution in [3.8, 4) is 0 Å². The van der Waals surface area contributed by atoms with Crippen molar-refractivity contribution in [1.82, 2.24) is 9.55 Å². The van der Waals surface area contributed by atoms with Crippen LogP contribution in [0.4, 0.5) is 15.3 Å². The van der Waals surface area contributed by atoms with Gasteiger partial charge in [-0.05, 0) is 46.8 Å². The molecule has 1 heterocycles. The second-order valence-corrected chi connectivity index (χ2v) is 9.94. The summed E-state index contributed by atoms with van der Waals surface area (Å²) in [5.74, 6) is 0. The van der Waals surface area contributed by atoms with Crippen LogP contribution in [0.5, 0.6) is 0 Å². The summed E-state index contributed by atoms with van der Waals surface area (Å²) in [5, 5.41) is 0. The van der Waals surface area contributed by atoms with Gasteiger partial charge in [0.1, 0.15) is 11.9 Å². The second kappa shape index (κ2) is 13.3. The Kier molecular flexibility index (Phi) is 10.8.